The van der Waals surface area contributed by atoms with E-state index >= 15 is 0 Å². The summed E-state index contributed by atoms with van der Waals surface area (Å²) in [5.74, 6) is -2.71. The van der Waals surface area contributed by atoms with E-state index in [0.717, 1.165) is 13.2 Å². The van der Waals surface area contributed by atoms with E-state index in [4.69, 9.17) is 5.11 Å². The first-order valence-electron chi connectivity index (χ1n) is 5.41. The molecular weight excluding hydrogens is 286 g/mol. The first-order chi connectivity index (χ1) is 9.32. The normalized spacial score (nSPS) is 11.2. The molecule has 0 atom stereocenters. The van der Waals surface area contributed by atoms with E-state index in [9.17, 15) is 18.0 Å². The number of hydrogen-bond donors (Lipinski definition) is 2. The molecule has 0 spiro atoms. The number of hydrogen-bond acceptors (Lipinski definition) is 5. The topological polar surface area (TPSA) is 110 Å². The Bertz CT molecular complexity index is 618. The zero-order chi connectivity index (χ0) is 15.2. The standard InChI is InChI=1S/C12H13NO6S/c1-19-12(16)8-20(17,18)13-10-5-2-9(3-6-10)4-7-11(14)15/h2-7,13H,8H2,1H3,(H,14,15)/b7-4+. The lowest BCUT2D eigenvalue weighted by molar-refractivity contribution is -0.137. The molecule has 2 N–H and O–H groups in total. The summed E-state index contributed by atoms with van der Waals surface area (Å²) in [5.41, 5.74) is 0.865. The van der Waals surface area contributed by atoms with Crippen LogP contribution in [0, 0.1) is 0 Å². The van der Waals surface area contributed by atoms with Gasteiger partial charge in [0.2, 0.25) is 10.0 Å². The Hall–Kier alpha value is -2.35. The van der Waals surface area contributed by atoms with E-state index in [1.54, 1.807) is 0 Å². The van der Waals surface area contributed by atoms with Crippen LogP contribution in [0.3, 0.4) is 0 Å². The molecule has 0 aromatic heterocycles. The number of carbonyl (C=O) groups excluding carboxylic acids is 1. The van der Waals surface area contributed by atoms with Crippen LogP contribution in [-0.2, 0) is 24.3 Å². The number of anilines is 1. The van der Waals surface area contributed by atoms with Crippen LogP contribution in [0.1, 0.15) is 5.56 Å². The van der Waals surface area contributed by atoms with Crippen LogP contribution in [0.4, 0.5) is 5.69 Å². The summed E-state index contributed by atoms with van der Waals surface area (Å²) in [6.45, 7) is 0. The molecule has 0 unspecified atom stereocenters. The van der Waals surface area contributed by atoms with Crippen LogP contribution in [0.2, 0.25) is 0 Å². The summed E-state index contributed by atoms with van der Waals surface area (Å²) >= 11 is 0. The number of methoxy groups -OCH3 is 1. The first-order valence-corrected chi connectivity index (χ1v) is 7.06. The van der Waals surface area contributed by atoms with Crippen molar-refractivity contribution in [1.29, 1.82) is 0 Å². The van der Waals surface area contributed by atoms with Gasteiger partial charge >= 0.3 is 11.9 Å². The molecule has 1 aromatic carbocycles. The molecule has 0 fully saturated rings. The minimum Gasteiger partial charge on any atom is -0.478 e. The zero-order valence-electron chi connectivity index (χ0n) is 10.6. The van der Waals surface area contributed by atoms with E-state index < -0.39 is 27.7 Å². The fraction of sp³-hybridized carbons (Fsp3) is 0.167. The van der Waals surface area contributed by atoms with E-state index in [-0.39, 0.29) is 5.69 Å². The van der Waals surface area contributed by atoms with Gasteiger partial charge in [-0.15, -0.1) is 0 Å². The van der Waals surface area contributed by atoms with Gasteiger partial charge in [-0.3, -0.25) is 9.52 Å². The number of carbonyl (C=O) groups is 2. The van der Waals surface area contributed by atoms with E-state index in [1.807, 2.05) is 0 Å². The molecule has 0 saturated carbocycles. The number of nitrogens with one attached hydrogen (secondary N) is 1. The zero-order valence-corrected chi connectivity index (χ0v) is 11.4. The molecule has 0 aliphatic heterocycles. The van der Waals surface area contributed by atoms with Crippen molar-refractivity contribution in [3.05, 3.63) is 35.9 Å². The number of sulfonamides is 1. The fourth-order valence-corrected chi connectivity index (χ4v) is 2.26. The van der Waals surface area contributed by atoms with Gasteiger partial charge in [0.1, 0.15) is 0 Å². The van der Waals surface area contributed by atoms with Gasteiger partial charge in [0.05, 0.1) is 7.11 Å². The summed E-state index contributed by atoms with van der Waals surface area (Å²) in [4.78, 5) is 21.3. The van der Waals surface area contributed by atoms with Crippen LogP contribution in [0.15, 0.2) is 30.3 Å². The Morgan fingerprint density at radius 2 is 1.90 bits per heavy atom. The van der Waals surface area contributed by atoms with Crippen molar-refractivity contribution in [2.24, 2.45) is 0 Å². The highest BCUT2D eigenvalue weighted by atomic mass is 32.2. The van der Waals surface area contributed by atoms with Crippen molar-refractivity contribution in [3.8, 4) is 0 Å². The average Bonchev–Trinajstić information content (AvgIpc) is 2.36. The highest BCUT2D eigenvalue weighted by Crippen LogP contribution is 2.12. The van der Waals surface area contributed by atoms with Gasteiger partial charge in [0, 0.05) is 11.8 Å². The fourth-order valence-electron chi connectivity index (χ4n) is 1.26. The third-order valence-electron chi connectivity index (χ3n) is 2.14. The molecule has 1 aromatic rings. The Kier molecular flexibility index (Phi) is 5.27. The summed E-state index contributed by atoms with van der Waals surface area (Å²) in [7, 11) is -2.72. The molecule has 0 aliphatic carbocycles. The third-order valence-corrected chi connectivity index (χ3v) is 3.30. The van der Waals surface area contributed by atoms with Crippen LogP contribution in [0.5, 0.6) is 0 Å². The van der Waals surface area contributed by atoms with Gasteiger partial charge < -0.3 is 9.84 Å². The average molecular weight is 299 g/mol. The van der Waals surface area contributed by atoms with Gasteiger partial charge in [-0.25, -0.2) is 13.2 Å². The smallest absolute Gasteiger partial charge is 0.328 e. The maximum atomic E-state index is 11.6. The maximum Gasteiger partial charge on any atom is 0.328 e. The molecule has 7 nitrogen and oxygen atoms in total. The second-order valence-electron chi connectivity index (χ2n) is 3.73. The molecule has 0 bridgehead atoms. The second-order valence-corrected chi connectivity index (χ2v) is 5.45. The third kappa shape index (κ3) is 5.53. The molecule has 108 valence electrons. The van der Waals surface area contributed by atoms with Crippen molar-refractivity contribution >= 4 is 33.7 Å². The number of benzene rings is 1. The summed E-state index contributed by atoms with van der Waals surface area (Å²) in [6, 6.07) is 5.98. The molecule has 0 radical (unpaired) electrons. The van der Waals surface area contributed by atoms with Gasteiger partial charge in [-0.2, -0.15) is 0 Å². The Labute approximate surface area is 115 Å². The minimum absolute atomic E-state index is 0.265. The molecular formula is C12H13NO6S. The Morgan fingerprint density at radius 1 is 1.30 bits per heavy atom. The first kappa shape index (κ1) is 15.7. The predicted octanol–water partition coefficient (Wildman–Crippen LogP) is 0.699. The largest absolute Gasteiger partial charge is 0.478 e. The van der Waals surface area contributed by atoms with Crippen molar-refractivity contribution in [3.63, 3.8) is 0 Å². The Balaban J connectivity index is 2.75. The highest BCUT2D eigenvalue weighted by molar-refractivity contribution is 7.93. The summed E-state index contributed by atoms with van der Waals surface area (Å²) < 4.78 is 29.6. The molecule has 0 amide bonds. The van der Waals surface area contributed by atoms with Crippen LogP contribution in [-0.4, -0.2) is 38.3 Å². The predicted molar refractivity (Wildman–Crippen MR) is 72.5 cm³/mol. The number of ether oxygens (including phenoxy) is 1. The minimum atomic E-state index is -3.82. The number of rotatable bonds is 6. The molecule has 0 aliphatic rings. The number of esters is 1. The SMILES string of the molecule is COC(=O)CS(=O)(=O)Nc1ccc(/C=C/C(=O)O)cc1. The van der Waals surface area contributed by atoms with Gasteiger partial charge in [-0.05, 0) is 23.8 Å². The molecule has 20 heavy (non-hydrogen) atoms. The van der Waals surface area contributed by atoms with E-state index in [1.165, 1.54) is 30.3 Å². The lowest BCUT2D eigenvalue weighted by Crippen LogP contribution is -2.23. The molecule has 1 rings (SSSR count). The maximum absolute atomic E-state index is 11.6. The van der Waals surface area contributed by atoms with Crippen molar-refractivity contribution in [1.82, 2.24) is 0 Å². The number of carboxylic acid groups (broad SMARTS) is 1. The molecule has 8 heteroatoms. The molecule has 0 saturated heterocycles. The van der Waals surface area contributed by atoms with Gasteiger partial charge in [0.15, 0.2) is 5.75 Å². The van der Waals surface area contributed by atoms with Crippen LogP contribution < -0.4 is 4.72 Å². The van der Waals surface area contributed by atoms with Gasteiger partial charge in [-0.1, -0.05) is 12.1 Å². The van der Waals surface area contributed by atoms with E-state index in [0.29, 0.717) is 5.56 Å². The van der Waals surface area contributed by atoms with Crippen molar-refractivity contribution in [2.45, 2.75) is 0 Å². The number of aliphatic carboxylic acids is 1. The second kappa shape index (κ2) is 6.71. The summed E-state index contributed by atoms with van der Waals surface area (Å²) in [5, 5.41) is 8.47. The highest BCUT2D eigenvalue weighted by Gasteiger charge is 2.16. The van der Waals surface area contributed by atoms with Crippen molar-refractivity contribution < 1.29 is 27.9 Å². The monoisotopic (exact) mass is 299 g/mol. The lowest BCUT2D eigenvalue weighted by atomic mass is 10.2. The summed E-state index contributed by atoms with van der Waals surface area (Å²) in [6.07, 6.45) is 2.34. The van der Waals surface area contributed by atoms with Crippen LogP contribution in [0.25, 0.3) is 6.08 Å². The number of carboxylic acids is 1. The lowest BCUT2D eigenvalue weighted by Gasteiger charge is -2.07. The van der Waals surface area contributed by atoms with Crippen molar-refractivity contribution in [2.75, 3.05) is 17.6 Å². The van der Waals surface area contributed by atoms with Crippen LogP contribution >= 0.6 is 0 Å². The Morgan fingerprint density at radius 3 is 2.40 bits per heavy atom. The molecule has 0 heterocycles. The van der Waals surface area contributed by atoms with E-state index in [2.05, 4.69) is 9.46 Å². The quantitative estimate of drug-likeness (QED) is 0.591. The van der Waals surface area contributed by atoms with Gasteiger partial charge in [0.25, 0.3) is 0 Å².